The number of fused-ring (bicyclic) bond motifs is 1. The van der Waals surface area contributed by atoms with Crippen molar-refractivity contribution in [2.24, 2.45) is 0 Å². The molecule has 2 aromatic carbocycles. The van der Waals surface area contributed by atoms with E-state index in [2.05, 4.69) is 41.9 Å². The van der Waals surface area contributed by atoms with Crippen molar-refractivity contribution in [1.29, 1.82) is 0 Å². The Balaban J connectivity index is 2.07. The molecule has 0 saturated heterocycles. The number of hydrogen-bond acceptors (Lipinski definition) is 1. The second kappa shape index (κ2) is 4.46. The number of nitrogens with zero attached hydrogens (tertiary/aromatic N) is 1. The maximum atomic E-state index is 4.32. The van der Waals surface area contributed by atoms with Crippen LogP contribution in [0, 0.1) is 0 Å². The molecule has 0 fully saturated rings. The summed E-state index contributed by atoms with van der Waals surface area (Å²) in [6, 6.07) is 20.5. The second-order valence-electron chi connectivity index (χ2n) is 4.26. The average molecular weight is 231 g/mol. The summed E-state index contributed by atoms with van der Waals surface area (Å²) >= 11 is 0. The van der Waals surface area contributed by atoms with Gasteiger partial charge in [0.2, 0.25) is 0 Å². The van der Waals surface area contributed by atoms with E-state index in [1.165, 1.54) is 0 Å². The molecular weight excluding hydrogens is 218 g/mol. The summed E-state index contributed by atoms with van der Waals surface area (Å²) in [5.41, 5.74) is 4.35. The van der Waals surface area contributed by atoms with E-state index in [-0.39, 0.29) is 0 Å². The molecule has 3 aromatic rings. The molecule has 3 rings (SSSR count). The molecule has 0 unspecified atom stereocenters. The Labute approximate surface area is 106 Å². The molecule has 18 heavy (non-hydrogen) atoms. The molecule has 0 atom stereocenters. The van der Waals surface area contributed by atoms with Crippen LogP contribution in [0.2, 0.25) is 0 Å². The highest BCUT2D eigenvalue weighted by Crippen LogP contribution is 2.24. The van der Waals surface area contributed by atoms with Gasteiger partial charge in [-0.15, -0.1) is 0 Å². The van der Waals surface area contributed by atoms with Gasteiger partial charge in [0.15, 0.2) is 0 Å². The molecule has 0 amide bonds. The molecule has 0 aliphatic carbocycles. The van der Waals surface area contributed by atoms with Gasteiger partial charge in [-0.1, -0.05) is 49.0 Å². The van der Waals surface area contributed by atoms with Crippen molar-refractivity contribution < 1.29 is 0 Å². The third kappa shape index (κ3) is 1.91. The average Bonchev–Trinajstić information content (AvgIpc) is 2.47. The molecule has 0 radical (unpaired) electrons. The lowest BCUT2D eigenvalue weighted by molar-refractivity contribution is 1.41. The highest BCUT2D eigenvalue weighted by atomic mass is 14.6. The molecule has 86 valence electrons. The van der Waals surface area contributed by atoms with Gasteiger partial charge in [-0.3, -0.25) is 4.98 Å². The summed E-state index contributed by atoms with van der Waals surface area (Å²) in [7, 11) is 0. The minimum atomic E-state index is 1.02. The lowest BCUT2D eigenvalue weighted by Crippen LogP contribution is -1.86. The van der Waals surface area contributed by atoms with Gasteiger partial charge in [-0.25, -0.2) is 0 Å². The number of aromatic nitrogens is 1. The third-order valence-corrected chi connectivity index (χ3v) is 3.07. The predicted molar refractivity (Wildman–Crippen MR) is 76.3 cm³/mol. The fourth-order valence-corrected chi connectivity index (χ4v) is 2.07. The van der Waals surface area contributed by atoms with Crippen molar-refractivity contribution in [3.8, 4) is 0 Å². The van der Waals surface area contributed by atoms with Crippen molar-refractivity contribution in [3.63, 3.8) is 0 Å². The van der Waals surface area contributed by atoms with E-state index in [9.17, 15) is 0 Å². The van der Waals surface area contributed by atoms with Gasteiger partial charge < -0.3 is 0 Å². The van der Waals surface area contributed by atoms with Crippen LogP contribution in [0.3, 0.4) is 0 Å². The van der Waals surface area contributed by atoms with Crippen molar-refractivity contribution >= 4 is 16.5 Å². The first kappa shape index (κ1) is 10.7. The zero-order valence-corrected chi connectivity index (χ0v) is 10.0. The molecule has 1 heteroatoms. The maximum absolute atomic E-state index is 4.32. The van der Waals surface area contributed by atoms with Gasteiger partial charge >= 0.3 is 0 Å². The Morgan fingerprint density at radius 3 is 2.50 bits per heavy atom. The highest BCUT2D eigenvalue weighted by Gasteiger charge is 2.03. The van der Waals surface area contributed by atoms with Crippen LogP contribution < -0.4 is 0 Å². The van der Waals surface area contributed by atoms with Gasteiger partial charge in [-0.2, -0.15) is 0 Å². The Morgan fingerprint density at radius 1 is 0.833 bits per heavy atom. The first-order valence-electron chi connectivity index (χ1n) is 5.94. The Hall–Kier alpha value is -2.41. The van der Waals surface area contributed by atoms with Gasteiger partial charge in [0.05, 0.1) is 5.52 Å². The van der Waals surface area contributed by atoms with Gasteiger partial charge in [0.25, 0.3) is 0 Å². The van der Waals surface area contributed by atoms with E-state index < -0.39 is 0 Å². The molecule has 0 aliphatic heterocycles. The fraction of sp³-hybridized carbons (Fsp3) is 0. The molecule has 0 spiro atoms. The second-order valence-corrected chi connectivity index (χ2v) is 4.26. The zero-order chi connectivity index (χ0) is 12.4. The van der Waals surface area contributed by atoms with Crippen LogP contribution in [0.5, 0.6) is 0 Å². The maximum Gasteiger partial charge on any atom is 0.0702 e. The number of benzene rings is 2. The standard InChI is InChI=1S/C17H13N/c1-13(14-6-3-2-4-7-14)15-9-10-17-16(12-15)8-5-11-18-17/h2-12H,1H2. The minimum Gasteiger partial charge on any atom is -0.256 e. The van der Waals surface area contributed by atoms with Gasteiger partial charge in [-0.05, 0) is 34.9 Å². The normalized spacial score (nSPS) is 10.4. The summed E-state index contributed by atoms with van der Waals surface area (Å²) in [6.45, 7) is 4.18. The molecule has 1 heterocycles. The van der Waals surface area contributed by atoms with Gasteiger partial charge in [0, 0.05) is 11.6 Å². The quantitative estimate of drug-likeness (QED) is 0.641. The summed E-state index contributed by atoms with van der Waals surface area (Å²) in [5.74, 6) is 0. The topological polar surface area (TPSA) is 12.9 Å². The largest absolute Gasteiger partial charge is 0.256 e. The van der Waals surface area contributed by atoms with E-state index in [4.69, 9.17) is 0 Å². The monoisotopic (exact) mass is 231 g/mol. The van der Waals surface area contributed by atoms with E-state index in [1.54, 1.807) is 0 Å². The SMILES string of the molecule is C=C(c1ccccc1)c1ccc2ncccc2c1. The van der Waals surface area contributed by atoms with Crippen LogP contribution >= 0.6 is 0 Å². The van der Waals surface area contributed by atoms with Crippen molar-refractivity contribution in [3.05, 3.63) is 84.6 Å². The van der Waals surface area contributed by atoms with Crippen LogP contribution in [0.15, 0.2) is 73.4 Å². The van der Waals surface area contributed by atoms with Crippen LogP contribution in [0.25, 0.3) is 16.5 Å². The van der Waals surface area contributed by atoms with Crippen LogP contribution in [0.1, 0.15) is 11.1 Å². The molecule has 1 aromatic heterocycles. The minimum absolute atomic E-state index is 1.02. The van der Waals surface area contributed by atoms with E-state index >= 15 is 0 Å². The fourth-order valence-electron chi connectivity index (χ4n) is 2.07. The summed E-state index contributed by atoms with van der Waals surface area (Å²) in [5, 5.41) is 1.15. The number of hydrogen-bond donors (Lipinski definition) is 0. The summed E-state index contributed by atoms with van der Waals surface area (Å²) in [6.07, 6.45) is 1.81. The Bertz CT molecular complexity index is 699. The smallest absolute Gasteiger partial charge is 0.0702 e. The number of rotatable bonds is 2. The van der Waals surface area contributed by atoms with Crippen molar-refractivity contribution in [2.75, 3.05) is 0 Å². The van der Waals surface area contributed by atoms with E-state index in [0.29, 0.717) is 0 Å². The predicted octanol–water partition coefficient (Wildman–Crippen LogP) is 4.30. The number of pyridine rings is 1. The Morgan fingerprint density at radius 2 is 1.67 bits per heavy atom. The first-order valence-corrected chi connectivity index (χ1v) is 5.94. The molecule has 1 nitrogen and oxygen atoms in total. The van der Waals surface area contributed by atoms with Crippen LogP contribution in [-0.2, 0) is 0 Å². The highest BCUT2D eigenvalue weighted by molar-refractivity contribution is 5.86. The van der Waals surface area contributed by atoms with Crippen molar-refractivity contribution in [2.45, 2.75) is 0 Å². The Kier molecular flexibility index (Phi) is 2.66. The van der Waals surface area contributed by atoms with Gasteiger partial charge in [0.1, 0.15) is 0 Å². The van der Waals surface area contributed by atoms with Crippen LogP contribution in [-0.4, -0.2) is 4.98 Å². The molecular formula is C17H13N. The van der Waals surface area contributed by atoms with E-state index in [1.807, 2.05) is 36.5 Å². The third-order valence-electron chi connectivity index (χ3n) is 3.07. The molecule has 0 aliphatic rings. The van der Waals surface area contributed by atoms with Crippen LogP contribution in [0.4, 0.5) is 0 Å². The molecule has 0 bridgehead atoms. The van der Waals surface area contributed by atoms with E-state index in [0.717, 1.165) is 27.6 Å². The summed E-state index contributed by atoms with van der Waals surface area (Å²) < 4.78 is 0. The van der Waals surface area contributed by atoms with Crippen molar-refractivity contribution in [1.82, 2.24) is 4.98 Å². The zero-order valence-electron chi connectivity index (χ0n) is 10.0. The molecule has 0 saturated carbocycles. The lowest BCUT2D eigenvalue weighted by atomic mass is 9.98. The summed E-state index contributed by atoms with van der Waals surface area (Å²) in [4.78, 5) is 4.32. The molecule has 0 N–H and O–H groups in total. The first-order chi connectivity index (χ1) is 8.84. The lowest BCUT2D eigenvalue weighted by Gasteiger charge is -2.07.